The van der Waals surface area contributed by atoms with E-state index in [1.165, 1.54) is 19.1 Å². The van der Waals surface area contributed by atoms with Crippen molar-refractivity contribution in [3.05, 3.63) is 23.8 Å². The first-order valence-corrected chi connectivity index (χ1v) is 11.3. The minimum atomic E-state index is -2.24. The molecule has 176 valence electrons. The minimum absolute atomic E-state index is 0.0550. The van der Waals surface area contributed by atoms with Crippen molar-refractivity contribution in [2.75, 3.05) is 6.61 Å². The zero-order valence-corrected chi connectivity index (χ0v) is 18.7. The number of carbonyl (C=O) groups is 2. The van der Waals surface area contributed by atoms with E-state index in [0.29, 0.717) is 0 Å². The predicted octanol–water partition coefficient (Wildman–Crippen LogP) is 2.37. The summed E-state index contributed by atoms with van der Waals surface area (Å²) in [6, 6.07) is 0. The van der Waals surface area contributed by atoms with Crippen LogP contribution in [0.15, 0.2) is 23.8 Å². The first-order chi connectivity index (χ1) is 14.8. The van der Waals surface area contributed by atoms with Gasteiger partial charge in [-0.2, -0.15) is 0 Å². The van der Waals surface area contributed by atoms with Gasteiger partial charge in [0.05, 0.1) is 12.2 Å². The third kappa shape index (κ3) is 2.32. The molecule has 0 spiro atoms. The van der Waals surface area contributed by atoms with Gasteiger partial charge in [-0.15, -0.1) is 0 Å². The Balaban J connectivity index is 1.66. The van der Waals surface area contributed by atoms with E-state index in [1.54, 1.807) is 20.8 Å². The summed E-state index contributed by atoms with van der Waals surface area (Å²) in [6.45, 7) is 5.87. The highest BCUT2D eigenvalue weighted by Crippen LogP contribution is 2.72. The molecule has 1 saturated heterocycles. The van der Waals surface area contributed by atoms with Crippen molar-refractivity contribution in [1.29, 1.82) is 0 Å². The molecule has 1 aliphatic heterocycles. The molecule has 0 bridgehead atoms. The smallest absolute Gasteiger partial charge is 0.193 e. The Morgan fingerprint density at radius 3 is 2.56 bits per heavy atom. The first-order valence-electron chi connectivity index (χ1n) is 11.3. The van der Waals surface area contributed by atoms with Gasteiger partial charge in [-0.05, 0) is 63.7 Å². The Labute approximate surface area is 185 Å². The Morgan fingerprint density at radius 1 is 1.22 bits per heavy atom. The number of ether oxygens (including phenoxy) is 2. The van der Waals surface area contributed by atoms with Gasteiger partial charge in [0.15, 0.2) is 28.6 Å². The van der Waals surface area contributed by atoms with E-state index in [2.05, 4.69) is 0 Å². The van der Waals surface area contributed by atoms with Crippen LogP contribution in [0.25, 0.3) is 0 Å². The maximum atomic E-state index is 17.1. The molecule has 5 aliphatic rings. The fraction of sp³-hybridized carbons (Fsp3) is 0.750. The number of aliphatic hydroxyl groups is 2. The van der Waals surface area contributed by atoms with Crippen molar-refractivity contribution in [3.63, 3.8) is 0 Å². The van der Waals surface area contributed by atoms with Crippen LogP contribution in [-0.2, 0) is 19.1 Å². The molecule has 9 atom stereocenters. The van der Waals surface area contributed by atoms with E-state index in [0.717, 1.165) is 6.08 Å². The fourth-order valence-corrected chi connectivity index (χ4v) is 7.92. The lowest BCUT2D eigenvalue weighted by Gasteiger charge is -2.63. The maximum absolute atomic E-state index is 17.1. The molecular weight excluding hydrogens is 422 g/mol. The van der Waals surface area contributed by atoms with E-state index in [1.807, 2.05) is 0 Å². The summed E-state index contributed by atoms with van der Waals surface area (Å²) in [5, 5.41) is 21.1. The summed E-state index contributed by atoms with van der Waals surface area (Å²) in [5.74, 6) is -3.53. The van der Waals surface area contributed by atoms with E-state index in [-0.39, 0.29) is 24.8 Å². The van der Waals surface area contributed by atoms with Crippen molar-refractivity contribution in [3.8, 4) is 0 Å². The average molecular weight is 452 g/mol. The summed E-state index contributed by atoms with van der Waals surface area (Å²) in [6.07, 6.45) is -0.151. The summed E-state index contributed by atoms with van der Waals surface area (Å²) < 4.78 is 44.8. The van der Waals surface area contributed by atoms with Gasteiger partial charge in [-0.25, -0.2) is 8.78 Å². The summed E-state index contributed by atoms with van der Waals surface area (Å²) >= 11 is 0. The van der Waals surface area contributed by atoms with Crippen molar-refractivity contribution in [2.24, 2.45) is 22.7 Å². The monoisotopic (exact) mass is 452 g/mol. The molecule has 6 nitrogen and oxygen atoms in total. The molecule has 0 aromatic carbocycles. The van der Waals surface area contributed by atoms with Crippen LogP contribution >= 0.6 is 0 Å². The zero-order valence-electron chi connectivity index (χ0n) is 18.7. The Morgan fingerprint density at radius 2 is 1.91 bits per heavy atom. The molecule has 2 N–H and O–H groups in total. The topological polar surface area (TPSA) is 93.1 Å². The second-order valence-electron chi connectivity index (χ2n) is 11.0. The fourth-order valence-electron chi connectivity index (χ4n) is 7.92. The van der Waals surface area contributed by atoms with Gasteiger partial charge in [0, 0.05) is 16.7 Å². The summed E-state index contributed by atoms with van der Waals surface area (Å²) in [5.41, 5.74) is -6.30. The van der Waals surface area contributed by atoms with E-state index < -0.39 is 76.3 Å². The van der Waals surface area contributed by atoms with Crippen LogP contribution in [0.3, 0.4) is 0 Å². The lowest BCUT2D eigenvalue weighted by Crippen LogP contribution is -2.71. The van der Waals surface area contributed by atoms with Crippen molar-refractivity contribution in [1.82, 2.24) is 0 Å². The normalized spacial score (nSPS) is 53.2. The van der Waals surface area contributed by atoms with E-state index in [4.69, 9.17) is 9.47 Å². The third-order valence-electron chi connectivity index (χ3n) is 9.18. The van der Waals surface area contributed by atoms with Crippen LogP contribution in [0.4, 0.5) is 8.78 Å². The highest BCUT2D eigenvalue weighted by atomic mass is 19.1. The molecule has 0 aromatic heterocycles. The minimum Gasteiger partial charge on any atom is -0.390 e. The number of carbonyl (C=O) groups excluding carboxylic acids is 2. The summed E-state index contributed by atoms with van der Waals surface area (Å²) in [7, 11) is 0. The summed E-state index contributed by atoms with van der Waals surface area (Å²) in [4.78, 5) is 25.1. The van der Waals surface area contributed by atoms with Gasteiger partial charge >= 0.3 is 0 Å². The van der Waals surface area contributed by atoms with Crippen LogP contribution in [0, 0.1) is 22.7 Å². The highest BCUT2D eigenvalue weighted by Gasteiger charge is 2.80. The van der Waals surface area contributed by atoms with Crippen LogP contribution < -0.4 is 0 Å². The Kier molecular flexibility index (Phi) is 4.42. The van der Waals surface area contributed by atoms with E-state index in [9.17, 15) is 19.8 Å². The van der Waals surface area contributed by atoms with Crippen LogP contribution in [-0.4, -0.2) is 63.8 Å². The van der Waals surface area contributed by atoms with Crippen molar-refractivity contribution >= 4 is 11.6 Å². The van der Waals surface area contributed by atoms with Crippen molar-refractivity contribution in [2.45, 2.75) is 82.4 Å². The van der Waals surface area contributed by atoms with E-state index >= 15 is 8.78 Å². The van der Waals surface area contributed by atoms with Gasteiger partial charge in [-0.1, -0.05) is 13.0 Å². The van der Waals surface area contributed by atoms with Gasteiger partial charge < -0.3 is 19.7 Å². The van der Waals surface area contributed by atoms with Crippen LogP contribution in [0.1, 0.15) is 47.0 Å². The number of halogens is 2. The molecule has 32 heavy (non-hydrogen) atoms. The standard InChI is InChI=1S/C24H30F2O6/c1-20(2)31-19-9-13-14-8-16(25)15-7-12(28)5-6-21(15,3)23(14,26)17(29)10-22(13,4)24(19,32-20)18(30)11-27/h5-7,13-14,16-17,19,27,29H,8-11H2,1-4H3/t13-,14-,16-,17?,19?,21?,22?,23-,24?/m0/s1. The second-order valence-corrected chi connectivity index (χ2v) is 11.0. The SMILES string of the molecule is CC1(C)OC2C[C@H]3[C@@H]4C[C@H](F)C5=CC(=O)C=CC5(C)[C@@]4(F)C(O)CC3(C)C2(C(=O)CO)O1. The number of alkyl halides is 2. The molecule has 4 aliphatic carbocycles. The number of allylic oxidation sites excluding steroid dienone is 4. The molecular formula is C24H30F2O6. The molecule has 1 heterocycles. The maximum Gasteiger partial charge on any atom is 0.193 e. The largest absolute Gasteiger partial charge is 0.390 e. The van der Waals surface area contributed by atoms with Crippen LogP contribution in [0.2, 0.25) is 0 Å². The number of hydrogen-bond acceptors (Lipinski definition) is 6. The highest BCUT2D eigenvalue weighted by molar-refractivity contribution is 6.01. The number of hydrogen-bond donors (Lipinski definition) is 2. The number of aliphatic hydroxyl groups excluding tert-OH is 2. The van der Waals surface area contributed by atoms with Crippen LogP contribution in [0.5, 0.6) is 0 Å². The molecule has 3 saturated carbocycles. The van der Waals surface area contributed by atoms with Gasteiger partial charge in [0.25, 0.3) is 0 Å². The number of rotatable bonds is 2. The first kappa shape index (κ1) is 22.3. The molecule has 0 radical (unpaired) electrons. The molecule has 5 unspecified atom stereocenters. The molecule has 0 aromatic rings. The van der Waals surface area contributed by atoms with Crippen molar-refractivity contribution < 1.29 is 38.1 Å². The Hall–Kier alpha value is -1.48. The number of ketones is 2. The number of fused-ring (bicyclic) bond motifs is 7. The average Bonchev–Trinajstić information content (AvgIpc) is 3.11. The quantitative estimate of drug-likeness (QED) is 0.668. The second kappa shape index (κ2) is 6.34. The number of Topliss-reactive ketones (excluding diaryl/α,β-unsaturated/α-hetero) is 1. The third-order valence-corrected chi connectivity index (χ3v) is 9.18. The lowest BCUT2D eigenvalue weighted by atomic mass is 9.44. The van der Waals surface area contributed by atoms with Gasteiger partial charge in [-0.3, -0.25) is 9.59 Å². The predicted molar refractivity (Wildman–Crippen MR) is 109 cm³/mol. The van der Waals surface area contributed by atoms with Gasteiger partial charge in [0.2, 0.25) is 0 Å². The molecule has 0 amide bonds. The molecule has 4 fully saturated rings. The van der Waals surface area contributed by atoms with Gasteiger partial charge in [0.1, 0.15) is 12.8 Å². The molecule has 5 rings (SSSR count). The Bertz CT molecular complexity index is 960. The lowest BCUT2D eigenvalue weighted by molar-refractivity contribution is -0.248. The molecule has 8 heteroatoms. The zero-order chi connectivity index (χ0) is 23.5.